The second-order valence-electron chi connectivity index (χ2n) is 7.85. The van der Waals surface area contributed by atoms with Crippen LogP contribution >= 0.6 is 11.6 Å². The Labute approximate surface area is 173 Å². The highest BCUT2D eigenvalue weighted by molar-refractivity contribution is 6.30. The van der Waals surface area contributed by atoms with Crippen molar-refractivity contribution in [3.05, 3.63) is 64.7 Å². The molecule has 0 atom stereocenters. The topological polar surface area (TPSA) is 80.9 Å². The third-order valence-electron chi connectivity index (χ3n) is 5.31. The van der Waals surface area contributed by atoms with Crippen molar-refractivity contribution in [2.24, 2.45) is 0 Å². The van der Waals surface area contributed by atoms with E-state index in [9.17, 15) is 4.79 Å². The first kappa shape index (κ1) is 18.3. The van der Waals surface area contributed by atoms with Crippen LogP contribution in [0.3, 0.4) is 0 Å². The zero-order valence-corrected chi connectivity index (χ0v) is 16.7. The highest BCUT2D eigenvalue weighted by Crippen LogP contribution is 2.33. The highest BCUT2D eigenvalue weighted by Gasteiger charge is 2.30. The van der Waals surface area contributed by atoms with E-state index >= 15 is 0 Å². The van der Waals surface area contributed by atoms with Gasteiger partial charge in [0.15, 0.2) is 5.69 Å². The highest BCUT2D eigenvalue weighted by atomic mass is 35.5. The van der Waals surface area contributed by atoms with E-state index in [0.29, 0.717) is 11.7 Å². The predicted molar refractivity (Wildman–Crippen MR) is 108 cm³/mol. The third-order valence-corrected chi connectivity index (χ3v) is 5.56. The van der Waals surface area contributed by atoms with Crippen molar-refractivity contribution >= 4 is 17.5 Å². The number of hydrogen-bond acceptors (Lipinski definition) is 5. The molecule has 0 radical (unpaired) electrons. The lowest BCUT2D eigenvalue weighted by Gasteiger charge is -2.39. The van der Waals surface area contributed by atoms with Crippen LogP contribution in [0.1, 0.15) is 40.5 Å². The van der Waals surface area contributed by atoms with E-state index in [2.05, 4.69) is 31.8 Å². The normalized spacial score (nSPS) is 17.3. The largest absolute Gasteiger partial charge is 0.345 e. The zero-order chi connectivity index (χ0) is 19.8. The van der Waals surface area contributed by atoms with E-state index < -0.39 is 0 Å². The Hall–Kier alpha value is -2.71. The molecule has 3 aromatic rings. The molecule has 3 heterocycles. The van der Waals surface area contributed by atoms with Gasteiger partial charge in [0.1, 0.15) is 0 Å². The number of hydrogen-bond donors (Lipinski definition) is 1. The van der Waals surface area contributed by atoms with Gasteiger partial charge < -0.3 is 5.32 Å². The quantitative estimate of drug-likeness (QED) is 0.644. The number of nitrogens with one attached hydrogen (secondary N) is 1. The Morgan fingerprint density at radius 1 is 1.10 bits per heavy atom. The monoisotopic (exact) mass is 411 g/mol. The van der Waals surface area contributed by atoms with Crippen LogP contribution in [0.2, 0.25) is 5.02 Å². The fraction of sp³-hybridized carbons (Fsp3) is 0.400. The van der Waals surface area contributed by atoms with E-state index in [1.807, 2.05) is 35.1 Å². The average Bonchev–Trinajstić information content (AvgIpc) is 3.24. The molecule has 0 spiro atoms. The molecule has 2 aromatic heterocycles. The number of amides is 1. The van der Waals surface area contributed by atoms with Crippen molar-refractivity contribution in [1.82, 2.24) is 35.0 Å². The molecule has 9 heteroatoms. The maximum atomic E-state index is 12.3. The lowest BCUT2D eigenvalue weighted by Crippen LogP contribution is -2.58. The number of halogens is 1. The average molecular weight is 412 g/mol. The Balaban J connectivity index is 1.08. The van der Waals surface area contributed by atoms with Gasteiger partial charge in [-0.15, -0.1) is 5.10 Å². The van der Waals surface area contributed by atoms with Gasteiger partial charge in [-0.05, 0) is 30.5 Å². The minimum Gasteiger partial charge on any atom is -0.345 e. The SMILES string of the molecule is O=C(NC1CN(Cc2cnn(Cc3ccc(Cl)cc3)c2)C1)c1cn(C2CC2)nn1. The van der Waals surface area contributed by atoms with E-state index in [1.54, 1.807) is 10.9 Å². The van der Waals surface area contributed by atoms with E-state index in [1.165, 1.54) is 0 Å². The van der Waals surface area contributed by atoms with Gasteiger partial charge in [-0.3, -0.25) is 14.4 Å². The molecule has 8 nitrogen and oxygen atoms in total. The third kappa shape index (κ3) is 4.33. The van der Waals surface area contributed by atoms with Crippen LogP contribution in [0.5, 0.6) is 0 Å². The minimum atomic E-state index is -0.141. The summed E-state index contributed by atoms with van der Waals surface area (Å²) in [6, 6.07) is 8.39. The van der Waals surface area contributed by atoms with Gasteiger partial charge in [0, 0.05) is 36.4 Å². The summed E-state index contributed by atoms with van der Waals surface area (Å²) in [7, 11) is 0. The van der Waals surface area contributed by atoms with Crippen molar-refractivity contribution in [2.45, 2.75) is 38.0 Å². The Morgan fingerprint density at radius 3 is 2.66 bits per heavy atom. The Morgan fingerprint density at radius 2 is 1.90 bits per heavy atom. The molecule has 1 N–H and O–H groups in total. The van der Waals surface area contributed by atoms with Crippen LogP contribution in [0, 0.1) is 0 Å². The molecule has 5 rings (SSSR count). The standard InChI is InChI=1S/C20H22ClN7O/c21-16-3-1-14(2-4-16)9-27-10-15(7-22-27)8-26-11-17(12-26)23-20(29)19-13-28(25-24-19)18-5-6-18/h1-4,7,10,13,17-18H,5-6,8-9,11-12H2,(H,23,29). The van der Waals surface area contributed by atoms with Crippen molar-refractivity contribution in [1.29, 1.82) is 0 Å². The zero-order valence-electron chi connectivity index (χ0n) is 15.9. The molecule has 29 heavy (non-hydrogen) atoms. The molecule has 0 bridgehead atoms. The van der Waals surface area contributed by atoms with Crippen molar-refractivity contribution in [3.63, 3.8) is 0 Å². The lowest BCUT2D eigenvalue weighted by molar-refractivity contribution is 0.0790. The number of rotatable bonds is 7. The fourth-order valence-corrected chi connectivity index (χ4v) is 3.68. The molecule has 1 aliphatic carbocycles. The molecule has 1 aromatic carbocycles. The molecule has 1 amide bonds. The lowest BCUT2D eigenvalue weighted by atomic mass is 10.1. The smallest absolute Gasteiger partial charge is 0.273 e. The first-order valence-corrected chi connectivity index (χ1v) is 10.2. The molecule has 1 saturated carbocycles. The molecule has 2 fully saturated rings. The van der Waals surface area contributed by atoms with Gasteiger partial charge >= 0.3 is 0 Å². The van der Waals surface area contributed by atoms with Crippen molar-refractivity contribution in [3.8, 4) is 0 Å². The second-order valence-corrected chi connectivity index (χ2v) is 8.29. The second kappa shape index (κ2) is 7.61. The molecule has 1 aliphatic heterocycles. The summed E-state index contributed by atoms with van der Waals surface area (Å²) in [5.74, 6) is -0.141. The van der Waals surface area contributed by atoms with E-state index in [0.717, 1.165) is 55.2 Å². The van der Waals surface area contributed by atoms with Gasteiger partial charge in [0.05, 0.1) is 31.0 Å². The summed E-state index contributed by atoms with van der Waals surface area (Å²) in [6.07, 6.45) is 7.96. The fourth-order valence-electron chi connectivity index (χ4n) is 3.56. The summed E-state index contributed by atoms with van der Waals surface area (Å²) < 4.78 is 3.73. The molecule has 2 aliphatic rings. The van der Waals surface area contributed by atoms with Gasteiger partial charge in [0.2, 0.25) is 0 Å². The Kier molecular flexibility index (Phi) is 4.81. The molecule has 1 saturated heterocycles. The van der Waals surface area contributed by atoms with Gasteiger partial charge in [-0.1, -0.05) is 28.9 Å². The van der Waals surface area contributed by atoms with Gasteiger partial charge in [-0.25, -0.2) is 4.68 Å². The molecule has 0 unspecified atom stereocenters. The number of carbonyl (C=O) groups excluding carboxylic acids is 1. The summed E-state index contributed by atoms with van der Waals surface area (Å²) in [6.45, 7) is 3.19. The maximum Gasteiger partial charge on any atom is 0.273 e. The minimum absolute atomic E-state index is 0.141. The summed E-state index contributed by atoms with van der Waals surface area (Å²) >= 11 is 5.93. The number of aromatic nitrogens is 5. The van der Waals surface area contributed by atoms with Gasteiger partial charge in [0.25, 0.3) is 5.91 Å². The molecule has 150 valence electrons. The summed E-state index contributed by atoms with van der Waals surface area (Å²) in [4.78, 5) is 14.6. The molecular formula is C20H22ClN7O. The van der Waals surface area contributed by atoms with Crippen LogP contribution in [0.15, 0.2) is 42.9 Å². The van der Waals surface area contributed by atoms with Crippen molar-refractivity contribution in [2.75, 3.05) is 13.1 Å². The summed E-state index contributed by atoms with van der Waals surface area (Å²) in [5, 5.41) is 16.2. The first-order chi connectivity index (χ1) is 14.1. The first-order valence-electron chi connectivity index (χ1n) is 9.83. The van der Waals surface area contributed by atoms with Crippen LogP contribution < -0.4 is 5.32 Å². The Bertz CT molecular complexity index is 1000. The van der Waals surface area contributed by atoms with E-state index in [4.69, 9.17) is 11.6 Å². The van der Waals surface area contributed by atoms with Crippen LogP contribution in [-0.4, -0.2) is 54.7 Å². The van der Waals surface area contributed by atoms with Gasteiger partial charge in [-0.2, -0.15) is 5.10 Å². The number of carbonyl (C=O) groups is 1. The van der Waals surface area contributed by atoms with E-state index in [-0.39, 0.29) is 11.9 Å². The summed E-state index contributed by atoms with van der Waals surface area (Å²) in [5.41, 5.74) is 2.73. The van der Waals surface area contributed by atoms with Crippen molar-refractivity contribution < 1.29 is 4.79 Å². The van der Waals surface area contributed by atoms with Crippen LogP contribution in [0.4, 0.5) is 0 Å². The predicted octanol–water partition coefficient (Wildman–Crippen LogP) is 2.13. The number of likely N-dealkylation sites (tertiary alicyclic amines) is 1. The number of benzene rings is 1. The maximum absolute atomic E-state index is 12.3. The van der Waals surface area contributed by atoms with Crippen LogP contribution in [0.25, 0.3) is 0 Å². The van der Waals surface area contributed by atoms with Crippen LogP contribution in [-0.2, 0) is 13.1 Å². The molecular weight excluding hydrogens is 390 g/mol. The number of nitrogens with zero attached hydrogens (tertiary/aromatic N) is 6.